The van der Waals surface area contributed by atoms with Crippen molar-refractivity contribution in [1.29, 1.82) is 0 Å². The zero-order valence-corrected chi connectivity index (χ0v) is 27.5. The van der Waals surface area contributed by atoms with E-state index in [0.717, 1.165) is 12.0 Å². The van der Waals surface area contributed by atoms with Crippen molar-refractivity contribution in [3.8, 4) is 17.2 Å². The van der Waals surface area contributed by atoms with E-state index in [4.69, 9.17) is 14.2 Å². The van der Waals surface area contributed by atoms with Crippen LogP contribution in [0.5, 0.6) is 17.2 Å². The molecule has 5 rings (SSSR count). The van der Waals surface area contributed by atoms with Gasteiger partial charge in [-0.05, 0) is 67.8 Å². The van der Waals surface area contributed by atoms with E-state index in [0.29, 0.717) is 51.7 Å². The van der Waals surface area contributed by atoms with Crippen LogP contribution in [-0.2, 0) is 15.3 Å². The average molecular weight is 658 g/mol. The first-order chi connectivity index (χ1) is 22.3. The van der Waals surface area contributed by atoms with Gasteiger partial charge in [0, 0.05) is 11.3 Å². The Balaban J connectivity index is 1.56. The number of carbonyl (C=O) groups excluding carboxylic acids is 2. The molecule has 0 aliphatic carbocycles. The van der Waals surface area contributed by atoms with Crippen LogP contribution < -0.4 is 19.1 Å². The lowest BCUT2D eigenvalue weighted by Crippen LogP contribution is -2.29. The fraction of sp³-hybridized carbons (Fsp3) is 0.257. The van der Waals surface area contributed by atoms with Crippen LogP contribution in [0.4, 0.5) is 5.13 Å². The Bertz CT molecular complexity index is 1730. The molecule has 3 aromatic carbocycles. The number of aromatic nitrogens is 2. The summed E-state index contributed by atoms with van der Waals surface area (Å²) in [5, 5.41) is 20.5. The maximum absolute atomic E-state index is 13.7. The largest absolute Gasteiger partial charge is 0.507 e. The first-order valence-electron chi connectivity index (χ1n) is 14.9. The second kappa shape index (κ2) is 15.1. The molecule has 1 atom stereocenters. The molecule has 0 radical (unpaired) electrons. The fourth-order valence-electron chi connectivity index (χ4n) is 4.85. The summed E-state index contributed by atoms with van der Waals surface area (Å²) in [7, 11) is 0. The molecule has 2 heterocycles. The molecule has 1 N–H and O–H groups in total. The van der Waals surface area contributed by atoms with Gasteiger partial charge in [-0.25, -0.2) is 0 Å². The van der Waals surface area contributed by atoms with E-state index in [9.17, 15) is 14.7 Å². The number of thioether (sulfide) groups is 1. The maximum Gasteiger partial charge on any atom is 0.301 e. The molecule has 1 unspecified atom stereocenters. The van der Waals surface area contributed by atoms with E-state index in [1.165, 1.54) is 33.6 Å². The normalized spacial score (nSPS) is 15.6. The molecule has 238 valence electrons. The van der Waals surface area contributed by atoms with Gasteiger partial charge in [-0.3, -0.25) is 14.5 Å². The number of hydrogen-bond donors (Lipinski definition) is 1. The summed E-state index contributed by atoms with van der Waals surface area (Å²) < 4.78 is 18.0. The van der Waals surface area contributed by atoms with E-state index in [2.05, 4.69) is 41.0 Å². The van der Waals surface area contributed by atoms with Crippen molar-refractivity contribution in [2.24, 2.45) is 0 Å². The molecule has 0 spiro atoms. The van der Waals surface area contributed by atoms with Crippen LogP contribution in [-0.4, -0.2) is 46.8 Å². The van der Waals surface area contributed by atoms with Gasteiger partial charge in [0.15, 0.2) is 15.8 Å². The molecule has 1 fully saturated rings. The Morgan fingerprint density at radius 3 is 2.46 bits per heavy atom. The van der Waals surface area contributed by atoms with E-state index in [1.807, 2.05) is 20.8 Å². The van der Waals surface area contributed by atoms with Crippen LogP contribution in [0, 0.1) is 6.92 Å². The van der Waals surface area contributed by atoms with Crippen molar-refractivity contribution in [2.45, 2.75) is 43.3 Å². The number of rotatable bonds is 14. The van der Waals surface area contributed by atoms with Crippen molar-refractivity contribution in [1.82, 2.24) is 10.2 Å². The summed E-state index contributed by atoms with van der Waals surface area (Å²) in [5.41, 5.74) is 3.13. The summed E-state index contributed by atoms with van der Waals surface area (Å²) in [4.78, 5) is 28.7. The number of benzene rings is 3. The highest BCUT2D eigenvalue weighted by Crippen LogP contribution is 2.45. The molecule has 11 heteroatoms. The third-order valence-electron chi connectivity index (χ3n) is 7.07. The van der Waals surface area contributed by atoms with Gasteiger partial charge in [-0.1, -0.05) is 78.6 Å². The number of aryl methyl sites for hydroxylation is 1. The summed E-state index contributed by atoms with van der Waals surface area (Å²) in [6.07, 6.45) is 2.48. The Hall–Kier alpha value is -4.61. The lowest BCUT2D eigenvalue weighted by Gasteiger charge is -2.23. The zero-order valence-electron chi connectivity index (χ0n) is 25.9. The fourth-order valence-corrected chi connectivity index (χ4v) is 6.67. The van der Waals surface area contributed by atoms with Gasteiger partial charge in [0.1, 0.15) is 18.1 Å². The van der Waals surface area contributed by atoms with Gasteiger partial charge in [0.2, 0.25) is 5.13 Å². The number of ketones is 1. The molecule has 9 nitrogen and oxygen atoms in total. The summed E-state index contributed by atoms with van der Waals surface area (Å²) in [6, 6.07) is 19.1. The monoisotopic (exact) mass is 657 g/mol. The first-order valence-corrected chi connectivity index (χ1v) is 16.7. The van der Waals surface area contributed by atoms with Crippen LogP contribution in [0.1, 0.15) is 48.6 Å². The molecule has 4 aromatic rings. The highest BCUT2D eigenvalue weighted by molar-refractivity contribution is 8.00. The first kappa shape index (κ1) is 32.8. The third-order valence-corrected chi connectivity index (χ3v) is 9.20. The zero-order chi connectivity index (χ0) is 32.6. The Labute approximate surface area is 276 Å². The number of anilines is 1. The van der Waals surface area contributed by atoms with Crippen LogP contribution in [0.3, 0.4) is 0 Å². The third kappa shape index (κ3) is 7.27. The second-order valence-electron chi connectivity index (χ2n) is 10.4. The Kier molecular flexibility index (Phi) is 10.8. The molecule has 1 amide bonds. The molecule has 0 saturated carbocycles. The summed E-state index contributed by atoms with van der Waals surface area (Å²) >= 11 is 2.70. The maximum atomic E-state index is 13.7. The van der Waals surface area contributed by atoms with Crippen LogP contribution in [0.2, 0.25) is 0 Å². The van der Waals surface area contributed by atoms with Crippen molar-refractivity contribution < 1.29 is 28.9 Å². The number of carbonyl (C=O) groups is 2. The highest BCUT2D eigenvalue weighted by Gasteiger charge is 2.48. The molecule has 46 heavy (non-hydrogen) atoms. The predicted octanol–water partition coefficient (Wildman–Crippen LogP) is 7.52. The quantitative estimate of drug-likeness (QED) is 0.0368. The standard InChI is InChI=1S/C35H35N3O6S2/c1-5-18-43-26-15-12-24(13-16-26)31(39)29-30(25-14-17-27(44-19-6-2)28(20-25)42-7-3)38(33(41)32(29)40)34-36-37-35(46-34)45-21-23-10-8-22(4)9-11-23/h6,8-17,20,30,39H,2,5,7,18-19,21H2,1,3-4H3/b31-29+. The van der Waals surface area contributed by atoms with Gasteiger partial charge in [-0.2, -0.15) is 0 Å². The second-order valence-corrected chi connectivity index (χ2v) is 12.6. The van der Waals surface area contributed by atoms with Gasteiger partial charge < -0.3 is 19.3 Å². The highest BCUT2D eigenvalue weighted by atomic mass is 32.2. The van der Waals surface area contributed by atoms with Crippen molar-refractivity contribution in [2.75, 3.05) is 24.7 Å². The van der Waals surface area contributed by atoms with E-state index in [1.54, 1.807) is 48.5 Å². The van der Waals surface area contributed by atoms with Crippen LogP contribution in [0.15, 0.2) is 89.3 Å². The minimum atomic E-state index is -1.01. The smallest absolute Gasteiger partial charge is 0.301 e. The van der Waals surface area contributed by atoms with Gasteiger partial charge in [-0.15, -0.1) is 10.2 Å². The van der Waals surface area contributed by atoms with Gasteiger partial charge in [0.25, 0.3) is 5.78 Å². The number of aliphatic hydroxyl groups is 1. The minimum Gasteiger partial charge on any atom is -0.507 e. The van der Waals surface area contributed by atoms with Crippen LogP contribution in [0.25, 0.3) is 5.76 Å². The number of amides is 1. The summed E-state index contributed by atoms with van der Waals surface area (Å²) in [6.45, 7) is 10.8. The molecule has 1 aliphatic rings. The molecule has 1 saturated heterocycles. The van der Waals surface area contributed by atoms with Crippen molar-refractivity contribution >= 4 is 45.7 Å². The number of hydrogen-bond acceptors (Lipinski definition) is 10. The molecule has 1 aliphatic heterocycles. The van der Waals surface area contributed by atoms with Crippen molar-refractivity contribution in [3.63, 3.8) is 0 Å². The number of nitrogens with zero attached hydrogens (tertiary/aromatic N) is 3. The number of aliphatic hydroxyl groups excluding tert-OH is 1. The SMILES string of the molecule is C=CCOc1ccc(C2/C(=C(\O)c3ccc(OCCC)cc3)C(=O)C(=O)N2c2nnc(SCc3ccc(C)cc3)s2)cc1OCC. The molecule has 0 bridgehead atoms. The van der Waals surface area contributed by atoms with Gasteiger partial charge in [0.05, 0.1) is 24.8 Å². The predicted molar refractivity (Wildman–Crippen MR) is 181 cm³/mol. The summed E-state index contributed by atoms with van der Waals surface area (Å²) in [5.74, 6) is 0.257. The van der Waals surface area contributed by atoms with Gasteiger partial charge >= 0.3 is 5.91 Å². The van der Waals surface area contributed by atoms with E-state index in [-0.39, 0.29) is 23.1 Å². The number of ether oxygens (including phenoxy) is 3. The average Bonchev–Trinajstić information content (AvgIpc) is 3.64. The van der Waals surface area contributed by atoms with Crippen molar-refractivity contribution in [3.05, 3.63) is 107 Å². The van der Waals surface area contributed by atoms with E-state index >= 15 is 0 Å². The molecular weight excluding hydrogens is 623 g/mol. The van der Waals surface area contributed by atoms with Crippen LogP contribution >= 0.6 is 23.1 Å². The number of Topliss-reactive ketones (excluding diaryl/α,β-unsaturated/α-hetero) is 1. The lowest BCUT2D eigenvalue weighted by molar-refractivity contribution is -0.132. The van der Waals surface area contributed by atoms with E-state index < -0.39 is 17.7 Å². The Morgan fingerprint density at radius 2 is 1.76 bits per heavy atom. The molecule has 1 aromatic heterocycles. The lowest BCUT2D eigenvalue weighted by atomic mass is 9.95. The Morgan fingerprint density at radius 1 is 1.00 bits per heavy atom. The minimum absolute atomic E-state index is 0.0708. The topological polar surface area (TPSA) is 111 Å². The molecular formula is C35H35N3O6S2.